The van der Waals surface area contributed by atoms with E-state index >= 15 is 0 Å². The SMILES string of the molecule is Cc1ccc(CN2C[C@H]3CN(C(=O)CCC(=O)O)CCN3C2=O)cc1. The molecule has 0 saturated carbocycles. The molecule has 7 heteroatoms. The first-order valence-corrected chi connectivity index (χ1v) is 8.54. The van der Waals surface area contributed by atoms with Crippen LogP contribution >= 0.6 is 0 Å². The Morgan fingerprint density at radius 1 is 1.12 bits per heavy atom. The van der Waals surface area contributed by atoms with Crippen LogP contribution in [0.2, 0.25) is 0 Å². The Labute approximate surface area is 146 Å². The molecular formula is C18H23N3O4. The number of urea groups is 1. The number of rotatable bonds is 5. The van der Waals surface area contributed by atoms with Gasteiger partial charge >= 0.3 is 12.0 Å². The highest BCUT2D eigenvalue weighted by atomic mass is 16.4. The normalized spacial score (nSPS) is 20.0. The molecule has 134 valence electrons. The van der Waals surface area contributed by atoms with Crippen molar-refractivity contribution in [3.63, 3.8) is 0 Å². The van der Waals surface area contributed by atoms with Crippen LogP contribution in [0.15, 0.2) is 24.3 Å². The average molecular weight is 345 g/mol. The molecule has 0 aromatic heterocycles. The molecule has 0 unspecified atom stereocenters. The second kappa shape index (κ2) is 7.13. The highest BCUT2D eigenvalue weighted by molar-refractivity contribution is 5.82. The fourth-order valence-electron chi connectivity index (χ4n) is 3.42. The molecule has 2 aliphatic rings. The number of amides is 3. The van der Waals surface area contributed by atoms with Gasteiger partial charge in [-0.05, 0) is 12.5 Å². The fourth-order valence-corrected chi connectivity index (χ4v) is 3.42. The number of benzene rings is 1. The van der Waals surface area contributed by atoms with Crippen LogP contribution in [0.5, 0.6) is 0 Å². The van der Waals surface area contributed by atoms with Crippen molar-refractivity contribution in [3.05, 3.63) is 35.4 Å². The Hall–Kier alpha value is -2.57. The molecule has 2 heterocycles. The number of hydrogen-bond donors (Lipinski definition) is 1. The first-order valence-electron chi connectivity index (χ1n) is 8.54. The summed E-state index contributed by atoms with van der Waals surface area (Å²) in [6.45, 7) is 4.65. The summed E-state index contributed by atoms with van der Waals surface area (Å²) in [5.41, 5.74) is 2.28. The number of aliphatic carboxylic acids is 1. The van der Waals surface area contributed by atoms with Gasteiger partial charge in [-0.25, -0.2) is 4.79 Å². The molecule has 1 aromatic rings. The van der Waals surface area contributed by atoms with Crippen molar-refractivity contribution in [2.24, 2.45) is 0 Å². The van der Waals surface area contributed by atoms with Crippen LogP contribution in [0.3, 0.4) is 0 Å². The Morgan fingerprint density at radius 2 is 1.84 bits per heavy atom. The molecule has 3 amide bonds. The van der Waals surface area contributed by atoms with Gasteiger partial charge in [0.25, 0.3) is 0 Å². The summed E-state index contributed by atoms with van der Waals surface area (Å²) < 4.78 is 0. The first-order chi connectivity index (χ1) is 11.9. The zero-order valence-electron chi connectivity index (χ0n) is 14.4. The van der Waals surface area contributed by atoms with Gasteiger partial charge in [0.15, 0.2) is 0 Å². The number of aryl methyl sites for hydroxylation is 1. The van der Waals surface area contributed by atoms with E-state index in [1.54, 1.807) is 4.90 Å². The van der Waals surface area contributed by atoms with Crippen LogP contribution in [0, 0.1) is 6.92 Å². The summed E-state index contributed by atoms with van der Waals surface area (Å²) >= 11 is 0. The number of carboxylic acid groups (broad SMARTS) is 1. The summed E-state index contributed by atoms with van der Waals surface area (Å²) in [6.07, 6.45) is -0.134. The predicted octanol–water partition coefficient (Wildman–Crippen LogP) is 1.31. The van der Waals surface area contributed by atoms with Crippen molar-refractivity contribution in [1.29, 1.82) is 0 Å². The Balaban J connectivity index is 1.59. The van der Waals surface area contributed by atoms with Crippen LogP contribution in [0.25, 0.3) is 0 Å². The Kier molecular flexibility index (Phi) is 4.92. The minimum atomic E-state index is -0.965. The smallest absolute Gasteiger partial charge is 0.320 e. The minimum absolute atomic E-state index is 0.0134. The summed E-state index contributed by atoms with van der Waals surface area (Å²) in [7, 11) is 0. The van der Waals surface area contributed by atoms with Gasteiger partial charge < -0.3 is 19.8 Å². The largest absolute Gasteiger partial charge is 0.481 e. The lowest BCUT2D eigenvalue weighted by Gasteiger charge is -2.36. The maximum atomic E-state index is 12.6. The second-order valence-corrected chi connectivity index (χ2v) is 6.73. The number of piperazine rings is 1. The molecule has 2 saturated heterocycles. The van der Waals surface area contributed by atoms with E-state index in [0.717, 1.165) is 5.56 Å². The summed E-state index contributed by atoms with van der Waals surface area (Å²) in [5.74, 6) is -1.11. The molecule has 0 aliphatic carbocycles. The van der Waals surface area contributed by atoms with Crippen LogP contribution in [0.4, 0.5) is 4.79 Å². The third-order valence-electron chi connectivity index (χ3n) is 4.83. The van der Waals surface area contributed by atoms with Gasteiger partial charge in [0.1, 0.15) is 0 Å². The van der Waals surface area contributed by atoms with Gasteiger partial charge in [0.05, 0.1) is 12.5 Å². The third-order valence-corrected chi connectivity index (χ3v) is 4.83. The maximum Gasteiger partial charge on any atom is 0.320 e. The number of fused-ring (bicyclic) bond motifs is 1. The number of carboxylic acids is 1. The first kappa shape index (κ1) is 17.3. The highest BCUT2D eigenvalue weighted by Gasteiger charge is 2.41. The molecule has 1 atom stereocenters. The monoisotopic (exact) mass is 345 g/mol. The fraction of sp³-hybridized carbons (Fsp3) is 0.500. The molecule has 2 fully saturated rings. The lowest BCUT2D eigenvalue weighted by molar-refractivity contribution is -0.141. The van der Waals surface area contributed by atoms with Crippen LogP contribution < -0.4 is 0 Å². The summed E-state index contributed by atoms with van der Waals surface area (Å²) in [5, 5.41) is 8.71. The number of hydrogen-bond acceptors (Lipinski definition) is 3. The van der Waals surface area contributed by atoms with Crippen LogP contribution in [-0.4, -0.2) is 69.9 Å². The van der Waals surface area contributed by atoms with E-state index in [1.165, 1.54) is 5.56 Å². The van der Waals surface area contributed by atoms with Crippen molar-refractivity contribution in [2.45, 2.75) is 32.4 Å². The molecule has 25 heavy (non-hydrogen) atoms. The van der Waals surface area contributed by atoms with E-state index in [1.807, 2.05) is 41.0 Å². The van der Waals surface area contributed by atoms with Crippen molar-refractivity contribution in [1.82, 2.24) is 14.7 Å². The second-order valence-electron chi connectivity index (χ2n) is 6.73. The third kappa shape index (κ3) is 3.92. The standard InChI is InChI=1S/C18H23N3O4/c1-13-2-4-14(5-3-13)10-20-12-15-11-19(8-9-21(15)18(20)25)16(22)6-7-17(23)24/h2-5,15H,6-12H2,1H3,(H,23,24)/t15-/m1/s1. The van der Waals surface area contributed by atoms with E-state index in [9.17, 15) is 14.4 Å². The molecule has 3 rings (SSSR count). The lowest BCUT2D eigenvalue weighted by Crippen LogP contribution is -2.53. The number of nitrogens with zero attached hydrogens (tertiary/aromatic N) is 3. The van der Waals surface area contributed by atoms with Gasteiger partial charge in [-0.2, -0.15) is 0 Å². The van der Waals surface area contributed by atoms with Gasteiger partial charge in [-0.15, -0.1) is 0 Å². The molecule has 1 aromatic carbocycles. The molecule has 0 bridgehead atoms. The minimum Gasteiger partial charge on any atom is -0.481 e. The van der Waals surface area contributed by atoms with Gasteiger partial charge in [0.2, 0.25) is 5.91 Å². The van der Waals surface area contributed by atoms with Crippen LogP contribution in [-0.2, 0) is 16.1 Å². The van der Waals surface area contributed by atoms with Gasteiger partial charge in [-0.3, -0.25) is 9.59 Å². The van der Waals surface area contributed by atoms with Crippen molar-refractivity contribution < 1.29 is 19.5 Å². The van der Waals surface area contributed by atoms with Gasteiger partial charge in [-0.1, -0.05) is 29.8 Å². The molecular weight excluding hydrogens is 322 g/mol. The van der Waals surface area contributed by atoms with Crippen molar-refractivity contribution >= 4 is 17.9 Å². The number of carbonyl (C=O) groups excluding carboxylic acids is 2. The predicted molar refractivity (Wildman–Crippen MR) is 90.9 cm³/mol. The maximum absolute atomic E-state index is 12.6. The average Bonchev–Trinajstić information content (AvgIpc) is 2.90. The molecule has 0 radical (unpaired) electrons. The topological polar surface area (TPSA) is 81.2 Å². The van der Waals surface area contributed by atoms with E-state index in [-0.39, 0.29) is 30.8 Å². The van der Waals surface area contributed by atoms with E-state index in [0.29, 0.717) is 32.7 Å². The molecule has 1 N–H and O–H groups in total. The molecule has 2 aliphatic heterocycles. The van der Waals surface area contributed by atoms with E-state index in [2.05, 4.69) is 0 Å². The highest BCUT2D eigenvalue weighted by Crippen LogP contribution is 2.23. The number of carbonyl (C=O) groups is 3. The molecule has 0 spiro atoms. The lowest BCUT2D eigenvalue weighted by atomic mass is 10.1. The molecule has 7 nitrogen and oxygen atoms in total. The van der Waals surface area contributed by atoms with E-state index in [4.69, 9.17) is 5.11 Å². The van der Waals surface area contributed by atoms with E-state index < -0.39 is 5.97 Å². The summed E-state index contributed by atoms with van der Waals surface area (Å²) in [6, 6.07) is 8.13. The van der Waals surface area contributed by atoms with Gasteiger partial charge in [0, 0.05) is 39.1 Å². The van der Waals surface area contributed by atoms with Crippen molar-refractivity contribution in [3.8, 4) is 0 Å². The Morgan fingerprint density at radius 3 is 2.52 bits per heavy atom. The van der Waals surface area contributed by atoms with Crippen LogP contribution in [0.1, 0.15) is 24.0 Å². The summed E-state index contributed by atoms with van der Waals surface area (Å²) in [4.78, 5) is 40.7. The van der Waals surface area contributed by atoms with Crippen molar-refractivity contribution in [2.75, 3.05) is 26.2 Å². The zero-order valence-corrected chi connectivity index (χ0v) is 14.4. The zero-order chi connectivity index (χ0) is 18.0. The quantitative estimate of drug-likeness (QED) is 0.872. The Bertz CT molecular complexity index is 673.